The van der Waals surface area contributed by atoms with Gasteiger partial charge in [0.25, 0.3) is 0 Å². The molecule has 1 saturated carbocycles. The van der Waals surface area contributed by atoms with Crippen LogP contribution < -0.4 is 10.1 Å². The first kappa shape index (κ1) is 30.6. The fourth-order valence-electron chi connectivity index (χ4n) is 5.27. The lowest BCUT2D eigenvalue weighted by Crippen LogP contribution is -2.48. The van der Waals surface area contributed by atoms with Gasteiger partial charge < -0.3 is 20.1 Å². The molecule has 2 amide bonds. The minimum absolute atomic E-state index is 0.00670. The summed E-state index contributed by atoms with van der Waals surface area (Å²) in [5.41, 5.74) is 2.05. The molecule has 1 aliphatic carbocycles. The van der Waals surface area contributed by atoms with Crippen molar-refractivity contribution in [2.45, 2.75) is 49.6 Å². The predicted molar refractivity (Wildman–Crippen MR) is 160 cm³/mol. The first-order chi connectivity index (χ1) is 19.8. The van der Waals surface area contributed by atoms with Crippen LogP contribution in [0.4, 0.5) is 4.79 Å². The number of methoxy groups -OCH3 is 1. The second-order valence-electron chi connectivity index (χ2n) is 10.6. The Balaban J connectivity index is 1.48. The minimum Gasteiger partial charge on any atom is -0.497 e. The Morgan fingerprint density at radius 3 is 2.15 bits per heavy atom. The Morgan fingerprint density at radius 2 is 1.54 bits per heavy atom. The number of hydrogen-bond donors (Lipinski definition) is 2. The molecule has 0 saturated heterocycles. The first-order valence-electron chi connectivity index (χ1n) is 14.3. The van der Waals surface area contributed by atoms with E-state index in [9.17, 15) is 18.3 Å². The molecule has 0 spiro atoms. The van der Waals surface area contributed by atoms with E-state index < -0.39 is 16.1 Å². The van der Waals surface area contributed by atoms with Gasteiger partial charge in [-0.15, -0.1) is 0 Å². The van der Waals surface area contributed by atoms with Crippen LogP contribution >= 0.6 is 0 Å². The topological polar surface area (TPSA) is 99.2 Å². The van der Waals surface area contributed by atoms with Gasteiger partial charge in [-0.1, -0.05) is 73.5 Å². The molecule has 4 rings (SSSR count). The van der Waals surface area contributed by atoms with E-state index in [2.05, 4.69) is 5.32 Å². The summed E-state index contributed by atoms with van der Waals surface area (Å²) in [6, 6.07) is 25.5. The van der Waals surface area contributed by atoms with Crippen LogP contribution in [-0.4, -0.2) is 68.2 Å². The van der Waals surface area contributed by atoms with Crippen molar-refractivity contribution in [3.8, 4) is 5.75 Å². The van der Waals surface area contributed by atoms with E-state index in [1.807, 2.05) is 60.7 Å². The number of sulfonamides is 1. The van der Waals surface area contributed by atoms with E-state index in [0.29, 0.717) is 31.8 Å². The zero-order valence-electron chi connectivity index (χ0n) is 23.7. The van der Waals surface area contributed by atoms with Crippen LogP contribution in [-0.2, 0) is 23.0 Å². The number of aliphatic hydroxyl groups is 1. The molecular weight excluding hydrogens is 538 g/mol. The van der Waals surface area contributed by atoms with Crippen molar-refractivity contribution in [2.24, 2.45) is 5.92 Å². The van der Waals surface area contributed by atoms with Gasteiger partial charge in [-0.2, -0.15) is 4.31 Å². The molecule has 8 nitrogen and oxygen atoms in total. The number of ether oxygens (including phenoxy) is 1. The average molecular weight is 580 g/mol. The molecule has 1 atom stereocenters. The fourth-order valence-corrected chi connectivity index (χ4v) is 6.82. The molecule has 0 unspecified atom stereocenters. The largest absolute Gasteiger partial charge is 0.497 e. The van der Waals surface area contributed by atoms with Gasteiger partial charge in [0.1, 0.15) is 5.75 Å². The molecule has 1 aliphatic rings. The molecule has 3 aromatic carbocycles. The van der Waals surface area contributed by atoms with Gasteiger partial charge >= 0.3 is 6.03 Å². The molecule has 0 heterocycles. The van der Waals surface area contributed by atoms with Gasteiger partial charge in [0, 0.05) is 32.7 Å². The average Bonchev–Trinajstić information content (AvgIpc) is 3.52. The van der Waals surface area contributed by atoms with Crippen molar-refractivity contribution in [1.82, 2.24) is 14.5 Å². The van der Waals surface area contributed by atoms with Gasteiger partial charge in [0.05, 0.1) is 18.1 Å². The third-order valence-electron chi connectivity index (χ3n) is 7.57. The smallest absolute Gasteiger partial charge is 0.317 e. The number of nitrogens with one attached hydrogen (secondary N) is 1. The van der Waals surface area contributed by atoms with Gasteiger partial charge in [-0.3, -0.25) is 0 Å². The second kappa shape index (κ2) is 15.0. The summed E-state index contributed by atoms with van der Waals surface area (Å²) in [4.78, 5) is 15.0. The van der Waals surface area contributed by atoms with Crippen LogP contribution in [0.1, 0.15) is 36.8 Å². The van der Waals surface area contributed by atoms with Crippen LogP contribution in [0, 0.1) is 5.92 Å². The maximum absolute atomic E-state index is 13.7. The number of rotatable bonds is 14. The van der Waals surface area contributed by atoms with Gasteiger partial charge in [-0.05, 0) is 60.6 Å². The Morgan fingerprint density at radius 1 is 0.927 bits per heavy atom. The van der Waals surface area contributed by atoms with E-state index in [1.165, 1.54) is 23.5 Å². The Hall–Kier alpha value is -3.40. The molecule has 2 N–H and O–H groups in total. The van der Waals surface area contributed by atoms with E-state index in [-0.39, 0.29) is 29.9 Å². The number of amides is 2. The molecule has 0 bridgehead atoms. The van der Waals surface area contributed by atoms with Gasteiger partial charge in [0.15, 0.2) is 0 Å². The first-order valence-corrected chi connectivity index (χ1v) is 15.7. The summed E-state index contributed by atoms with van der Waals surface area (Å²) in [6.45, 7) is 0.994. The van der Waals surface area contributed by atoms with Crippen molar-refractivity contribution >= 4 is 16.1 Å². The molecule has 3 aromatic rings. The SMILES string of the molecule is COc1ccc(S(=O)(=O)N(CC2CCCC2)C[C@@H](O)CN(CCc2ccccc2)C(=O)NCc2ccccc2)cc1. The second-order valence-corrected chi connectivity index (χ2v) is 12.6. The molecule has 0 aromatic heterocycles. The Kier molecular flexibility index (Phi) is 11.2. The van der Waals surface area contributed by atoms with Gasteiger partial charge in [-0.25, -0.2) is 13.2 Å². The van der Waals surface area contributed by atoms with Crippen molar-refractivity contribution in [2.75, 3.05) is 33.3 Å². The fraction of sp³-hybridized carbons (Fsp3) is 0.406. The van der Waals surface area contributed by atoms with Crippen LogP contribution in [0.3, 0.4) is 0 Å². The van der Waals surface area contributed by atoms with Gasteiger partial charge in [0.2, 0.25) is 10.0 Å². The van der Waals surface area contributed by atoms with Crippen molar-refractivity contribution in [3.05, 3.63) is 96.1 Å². The van der Waals surface area contributed by atoms with Crippen molar-refractivity contribution < 1.29 is 23.1 Å². The summed E-state index contributed by atoms with van der Waals surface area (Å²) in [7, 11) is -2.33. The normalized spacial score (nSPS) is 14.6. The van der Waals surface area contributed by atoms with E-state index in [0.717, 1.165) is 36.8 Å². The molecule has 9 heteroatoms. The maximum Gasteiger partial charge on any atom is 0.317 e. The molecule has 41 heavy (non-hydrogen) atoms. The zero-order valence-corrected chi connectivity index (χ0v) is 24.5. The summed E-state index contributed by atoms with van der Waals surface area (Å²) in [5.74, 6) is 0.820. The highest BCUT2D eigenvalue weighted by molar-refractivity contribution is 7.89. The number of hydrogen-bond acceptors (Lipinski definition) is 5. The lowest BCUT2D eigenvalue weighted by Gasteiger charge is -2.30. The molecule has 1 fully saturated rings. The van der Waals surface area contributed by atoms with Crippen LogP contribution in [0.15, 0.2) is 89.8 Å². The van der Waals surface area contributed by atoms with Crippen LogP contribution in [0.2, 0.25) is 0 Å². The number of carbonyl (C=O) groups excluding carboxylic acids is 1. The third-order valence-corrected chi connectivity index (χ3v) is 9.41. The summed E-state index contributed by atoms with van der Waals surface area (Å²) in [6.07, 6.45) is 3.65. The summed E-state index contributed by atoms with van der Waals surface area (Å²) >= 11 is 0. The Bertz CT molecular complexity index is 1310. The number of urea groups is 1. The van der Waals surface area contributed by atoms with Crippen molar-refractivity contribution in [3.63, 3.8) is 0 Å². The summed E-state index contributed by atoms with van der Waals surface area (Å²) in [5, 5.41) is 14.2. The molecular formula is C32H41N3O5S. The monoisotopic (exact) mass is 579 g/mol. The van der Waals surface area contributed by atoms with Crippen LogP contribution in [0.25, 0.3) is 0 Å². The minimum atomic E-state index is -3.87. The van der Waals surface area contributed by atoms with E-state index in [1.54, 1.807) is 17.0 Å². The highest BCUT2D eigenvalue weighted by atomic mass is 32.2. The van der Waals surface area contributed by atoms with E-state index >= 15 is 0 Å². The van der Waals surface area contributed by atoms with Crippen LogP contribution in [0.5, 0.6) is 5.75 Å². The molecule has 220 valence electrons. The highest BCUT2D eigenvalue weighted by Crippen LogP contribution is 2.28. The maximum atomic E-state index is 13.7. The number of nitrogens with zero attached hydrogens (tertiary/aromatic N) is 2. The molecule has 0 radical (unpaired) electrons. The highest BCUT2D eigenvalue weighted by Gasteiger charge is 2.31. The molecule has 0 aliphatic heterocycles. The van der Waals surface area contributed by atoms with E-state index in [4.69, 9.17) is 4.74 Å². The van der Waals surface area contributed by atoms with Crippen molar-refractivity contribution in [1.29, 1.82) is 0 Å². The Labute approximate surface area is 244 Å². The number of carbonyl (C=O) groups is 1. The third kappa shape index (κ3) is 9.05. The summed E-state index contributed by atoms with van der Waals surface area (Å²) < 4.78 is 34.0. The number of benzene rings is 3. The quantitative estimate of drug-likeness (QED) is 0.289. The zero-order chi connectivity index (χ0) is 29.1. The predicted octanol–water partition coefficient (Wildman–Crippen LogP) is 4.69. The standard InChI is InChI=1S/C32H41N3O5S/c1-40-30-16-18-31(19-17-30)41(38,39)35(23-28-14-8-9-15-28)25-29(36)24-34(21-20-26-10-4-2-5-11-26)32(37)33-22-27-12-6-3-7-13-27/h2-7,10-13,16-19,28-29,36H,8-9,14-15,20-25H2,1H3,(H,33,37)/t29-/m0/s1. The number of aliphatic hydroxyl groups excluding tert-OH is 1. The lowest BCUT2D eigenvalue weighted by atomic mass is 10.1. The lowest BCUT2D eigenvalue weighted by molar-refractivity contribution is 0.101.